The van der Waals surface area contributed by atoms with Gasteiger partial charge in [0.1, 0.15) is 0 Å². The number of benzene rings is 1. The first-order valence-corrected chi connectivity index (χ1v) is 6.40. The monoisotopic (exact) mass is 266 g/mol. The van der Waals surface area contributed by atoms with Gasteiger partial charge >= 0.3 is 0 Å². The Morgan fingerprint density at radius 2 is 2.06 bits per heavy atom. The molecule has 1 aliphatic carbocycles. The van der Waals surface area contributed by atoms with Crippen molar-refractivity contribution in [2.24, 2.45) is 5.92 Å². The Labute approximate surface area is 114 Å². The van der Waals surface area contributed by atoms with E-state index in [0.29, 0.717) is 12.0 Å². The molecule has 1 heterocycles. The summed E-state index contributed by atoms with van der Waals surface area (Å²) in [5.74, 6) is 0.958. The summed E-state index contributed by atoms with van der Waals surface area (Å²) in [5, 5.41) is 6.39. The first-order chi connectivity index (χ1) is 8.34. The Hall–Kier alpha value is -1.06. The zero-order chi connectivity index (χ0) is 11.7. The van der Waals surface area contributed by atoms with Crippen LogP contribution in [0.1, 0.15) is 24.3 Å². The maximum Gasteiger partial charge on any atom is 0.224 e. The summed E-state index contributed by atoms with van der Waals surface area (Å²) in [6.45, 7) is 1.82. The molecule has 1 aromatic carbocycles. The molecule has 2 aliphatic rings. The molecule has 1 saturated heterocycles. The normalized spacial score (nSPS) is 29.4. The minimum absolute atomic E-state index is 0. The van der Waals surface area contributed by atoms with E-state index >= 15 is 0 Å². The summed E-state index contributed by atoms with van der Waals surface area (Å²) >= 11 is 0. The lowest BCUT2D eigenvalue weighted by Gasteiger charge is -2.09. The van der Waals surface area contributed by atoms with Gasteiger partial charge in [-0.25, -0.2) is 0 Å². The number of amides is 1. The summed E-state index contributed by atoms with van der Waals surface area (Å²) in [6.07, 6.45) is 2.07. The van der Waals surface area contributed by atoms with Gasteiger partial charge in [0, 0.05) is 18.5 Å². The molecule has 0 aromatic heterocycles. The van der Waals surface area contributed by atoms with E-state index in [1.54, 1.807) is 0 Å². The molecule has 3 nitrogen and oxygen atoms in total. The molecule has 18 heavy (non-hydrogen) atoms. The van der Waals surface area contributed by atoms with Crippen molar-refractivity contribution < 1.29 is 4.79 Å². The number of hydrogen-bond acceptors (Lipinski definition) is 2. The number of carbonyl (C=O) groups is 1. The van der Waals surface area contributed by atoms with Crippen LogP contribution < -0.4 is 10.6 Å². The van der Waals surface area contributed by atoms with Crippen LogP contribution in [-0.2, 0) is 4.79 Å². The van der Waals surface area contributed by atoms with Crippen molar-refractivity contribution in [2.45, 2.75) is 24.8 Å². The van der Waals surface area contributed by atoms with Crippen molar-refractivity contribution in [3.8, 4) is 0 Å². The van der Waals surface area contributed by atoms with Crippen LogP contribution in [0.2, 0.25) is 0 Å². The van der Waals surface area contributed by atoms with E-state index in [-0.39, 0.29) is 24.2 Å². The summed E-state index contributed by atoms with van der Waals surface area (Å²) in [5.41, 5.74) is 1.35. The molecule has 4 heteroatoms. The highest BCUT2D eigenvalue weighted by molar-refractivity contribution is 5.85. The van der Waals surface area contributed by atoms with E-state index < -0.39 is 0 Å². The Morgan fingerprint density at radius 1 is 1.28 bits per heavy atom. The van der Waals surface area contributed by atoms with E-state index in [1.807, 2.05) is 6.07 Å². The van der Waals surface area contributed by atoms with Gasteiger partial charge in [0.15, 0.2) is 0 Å². The maximum atomic E-state index is 11.9. The second-order valence-corrected chi connectivity index (χ2v) is 5.06. The van der Waals surface area contributed by atoms with Gasteiger partial charge in [-0.05, 0) is 24.9 Å². The smallest absolute Gasteiger partial charge is 0.224 e. The molecular formula is C14H19ClN2O. The fourth-order valence-electron chi connectivity index (χ4n) is 2.60. The predicted molar refractivity (Wildman–Crippen MR) is 74.0 cm³/mol. The number of nitrogens with one attached hydrogen (secondary N) is 2. The number of carbonyl (C=O) groups excluding carboxylic acids is 1. The van der Waals surface area contributed by atoms with E-state index in [0.717, 1.165) is 25.9 Å². The molecule has 1 amide bonds. The number of rotatable bonds is 3. The Bertz CT molecular complexity index is 404. The third-order valence-electron chi connectivity index (χ3n) is 3.78. The average molecular weight is 267 g/mol. The largest absolute Gasteiger partial charge is 0.352 e. The molecule has 3 atom stereocenters. The van der Waals surface area contributed by atoms with Crippen LogP contribution in [0.15, 0.2) is 30.3 Å². The third-order valence-corrected chi connectivity index (χ3v) is 3.78. The maximum absolute atomic E-state index is 11.9. The van der Waals surface area contributed by atoms with Crippen LogP contribution in [0.5, 0.6) is 0 Å². The minimum atomic E-state index is 0. The fraction of sp³-hybridized carbons (Fsp3) is 0.500. The van der Waals surface area contributed by atoms with E-state index in [1.165, 1.54) is 5.56 Å². The van der Waals surface area contributed by atoms with Crippen LogP contribution in [0, 0.1) is 5.92 Å². The highest BCUT2D eigenvalue weighted by Crippen LogP contribution is 2.40. The van der Waals surface area contributed by atoms with Crippen LogP contribution >= 0.6 is 12.4 Å². The number of halogens is 1. The Morgan fingerprint density at radius 3 is 2.72 bits per heavy atom. The lowest BCUT2D eigenvalue weighted by molar-refractivity contribution is -0.124. The van der Waals surface area contributed by atoms with Crippen LogP contribution in [-0.4, -0.2) is 25.0 Å². The molecular weight excluding hydrogens is 248 g/mol. The summed E-state index contributed by atoms with van der Waals surface area (Å²) < 4.78 is 0. The van der Waals surface area contributed by atoms with Crippen LogP contribution in [0.3, 0.4) is 0 Å². The molecule has 0 spiro atoms. The van der Waals surface area contributed by atoms with Gasteiger partial charge in [-0.1, -0.05) is 30.3 Å². The van der Waals surface area contributed by atoms with Crippen molar-refractivity contribution in [1.82, 2.24) is 10.6 Å². The summed E-state index contributed by atoms with van der Waals surface area (Å²) in [4.78, 5) is 11.9. The fourth-order valence-corrected chi connectivity index (χ4v) is 2.60. The Kier molecular flexibility index (Phi) is 4.25. The molecule has 3 unspecified atom stereocenters. The van der Waals surface area contributed by atoms with Gasteiger partial charge in [0.25, 0.3) is 0 Å². The highest BCUT2D eigenvalue weighted by Gasteiger charge is 2.40. The second-order valence-electron chi connectivity index (χ2n) is 5.06. The van der Waals surface area contributed by atoms with E-state index in [9.17, 15) is 4.79 Å². The molecule has 1 saturated carbocycles. The first-order valence-electron chi connectivity index (χ1n) is 6.40. The van der Waals surface area contributed by atoms with Crippen LogP contribution in [0.25, 0.3) is 0 Å². The summed E-state index contributed by atoms with van der Waals surface area (Å²) in [6, 6.07) is 10.8. The van der Waals surface area contributed by atoms with Gasteiger partial charge in [-0.15, -0.1) is 12.4 Å². The lowest BCUT2D eigenvalue weighted by Crippen LogP contribution is -2.34. The van der Waals surface area contributed by atoms with Crippen molar-refractivity contribution in [3.05, 3.63) is 35.9 Å². The lowest BCUT2D eigenvalue weighted by atomic mass is 10.1. The van der Waals surface area contributed by atoms with Crippen LogP contribution in [0.4, 0.5) is 0 Å². The highest BCUT2D eigenvalue weighted by atomic mass is 35.5. The van der Waals surface area contributed by atoms with E-state index in [2.05, 4.69) is 34.9 Å². The molecule has 0 bridgehead atoms. The van der Waals surface area contributed by atoms with Gasteiger partial charge in [-0.3, -0.25) is 4.79 Å². The van der Waals surface area contributed by atoms with Gasteiger partial charge in [0.2, 0.25) is 5.91 Å². The average Bonchev–Trinajstić information content (AvgIpc) is 2.92. The Balaban J connectivity index is 0.00000120. The zero-order valence-corrected chi connectivity index (χ0v) is 11.1. The molecule has 0 radical (unpaired) electrons. The molecule has 2 fully saturated rings. The van der Waals surface area contributed by atoms with Crippen molar-refractivity contribution in [1.29, 1.82) is 0 Å². The topological polar surface area (TPSA) is 41.1 Å². The van der Waals surface area contributed by atoms with E-state index in [4.69, 9.17) is 0 Å². The second kappa shape index (κ2) is 5.72. The van der Waals surface area contributed by atoms with Crippen molar-refractivity contribution in [2.75, 3.05) is 13.1 Å². The molecule has 3 rings (SSSR count). The van der Waals surface area contributed by atoms with Gasteiger partial charge < -0.3 is 10.6 Å². The predicted octanol–water partition coefficient (Wildman–Crippen LogP) is 1.69. The minimum Gasteiger partial charge on any atom is -0.352 e. The quantitative estimate of drug-likeness (QED) is 0.874. The number of hydrogen-bond donors (Lipinski definition) is 2. The molecule has 2 N–H and O–H groups in total. The van der Waals surface area contributed by atoms with Gasteiger partial charge in [0.05, 0.1) is 5.92 Å². The SMILES string of the molecule is Cl.O=C(NC1CC1c1ccccc1)C1CCNC1. The standard InChI is InChI=1S/C14H18N2O.ClH/c17-14(11-6-7-15-9-11)16-13-8-12(13)10-4-2-1-3-5-10;/h1-5,11-13,15H,6-9H2,(H,16,17);1H. The molecule has 1 aliphatic heterocycles. The summed E-state index contributed by atoms with van der Waals surface area (Å²) in [7, 11) is 0. The first kappa shape index (κ1) is 13.4. The molecule has 98 valence electrons. The van der Waals surface area contributed by atoms with Crippen molar-refractivity contribution in [3.63, 3.8) is 0 Å². The molecule has 1 aromatic rings. The van der Waals surface area contributed by atoms with Gasteiger partial charge in [-0.2, -0.15) is 0 Å². The van der Waals surface area contributed by atoms with Crippen molar-refractivity contribution >= 4 is 18.3 Å². The zero-order valence-electron chi connectivity index (χ0n) is 10.3. The third kappa shape index (κ3) is 2.85.